The Balaban J connectivity index is 1.84. The fourth-order valence-corrected chi connectivity index (χ4v) is 3.28. The molecule has 6 nitrogen and oxygen atoms in total. The zero-order chi connectivity index (χ0) is 18.3. The topological polar surface area (TPSA) is 84.5 Å². The Labute approximate surface area is 152 Å². The second-order valence-electron chi connectivity index (χ2n) is 5.07. The second kappa shape index (κ2) is 8.84. The number of hydrogen-bond acceptors (Lipinski definition) is 4. The van der Waals surface area contributed by atoms with Gasteiger partial charge in [-0.05, 0) is 49.4 Å². The predicted octanol–water partition coefficient (Wildman–Crippen LogP) is 2.45. The molecule has 0 aromatic heterocycles. The molecule has 0 aliphatic carbocycles. The maximum atomic E-state index is 12.2. The van der Waals surface area contributed by atoms with Crippen molar-refractivity contribution in [3.05, 3.63) is 59.1 Å². The van der Waals surface area contributed by atoms with Crippen molar-refractivity contribution >= 4 is 27.5 Å². The summed E-state index contributed by atoms with van der Waals surface area (Å²) in [6.07, 6.45) is 0. The standard InChI is InChI=1S/C17H19ClN2O4S/c1-2-24-15-6-8-16(9-7-15)25(22,23)20-11-10-19-17(21)13-4-3-5-14(18)12-13/h3-9,12,20H,2,10-11H2,1H3,(H,19,21). The van der Waals surface area contributed by atoms with Gasteiger partial charge in [0.15, 0.2) is 0 Å². The van der Waals surface area contributed by atoms with E-state index < -0.39 is 10.0 Å². The Bertz CT molecular complexity index is 823. The van der Waals surface area contributed by atoms with Gasteiger partial charge in [0.25, 0.3) is 5.91 Å². The largest absolute Gasteiger partial charge is 0.494 e. The van der Waals surface area contributed by atoms with Crippen LogP contribution >= 0.6 is 11.6 Å². The van der Waals surface area contributed by atoms with Gasteiger partial charge in [-0.25, -0.2) is 13.1 Å². The molecule has 0 aliphatic rings. The van der Waals surface area contributed by atoms with E-state index in [1.54, 1.807) is 36.4 Å². The summed E-state index contributed by atoms with van der Waals surface area (Å²) in [5.41, 5.74) is 0.418. The zero-order valence-corrected chi connectivity index (χ0v) is 15.2. The van der Waals surface area contributed by atoms with Gasteiger partial charge in [0.05, 0.1) is 11.5 Å². The number of halogens is 1. The molecule has 2 rings (SSSR count). The van der Waals surface area contributed by atoms with E-state index in [9.17, 15) is 13.2 Å². The normalized spacial score (nSPS) is 11.1. The molecule has 134 valence electrons. The minimum atomic E-state index is -3.64. The average Bonchev–Trinajstić information content (AvgIpc) is 2.59. The van der Waals surface area contributed by atoms with Crippen LogP contribution in [0.4, 0.5) is 0 Å². The predicted molar refractivity (Wildman–Crippen MR) is 96.6 cm³/mol. The third-order valence-electron chi connectivity index (χ3n) is 3.23. The van der Waals surface area contributed by atoms with Crippen LogP contribution in [0.3, 0.4) is 0 Å². The van der Waals surface area contributed by atoms with Crippen LogP contribution in [-0.2, 0) is 10.0 Å². The van der Waals surface area contributed by atoms with Crippen molar-refractivity contribution in [2.45, 2.75) is 11.8 Å². The van der Waals surface area contributed by atoms with Crippen LogP contribution in [0.15, 0.2) is 53.4 Å². The van der Waals surface area contributed by atoms with Crippen molar-refractivity contribution in [2.24, 2.45) is 0 Å². The lowest BCUT2D eigenvalue weighted by molar-refractivity contribution is 0.0954. The summed E-state index contributed by atoms with van der Waals surface area (Å²) < 4.78 is 32.1. The lowest BCUT2D eigenvalue weighted by atomic mass is 10.2. The third kappa shape index (κ3) is 5.74. The summed E-state index contributed by atoms with van der Waals surface area (Å²) in [4.78, 5) is 12.1. The van der Waals surface area contributed by atoms with Gasteiger partial charge in [-0.1, -0.05) is 17.7 Å². The SMILES string of the molecule is CCOc1ccc(S(=O)(=O)NCCNC(=O)c2cccc(Cl)c2)cc1. The molecule has 8 heteroatoms. The van der Waals surface area contributed by atoms with Crippen LogP contribution in [0.2, 0.25) is 5.02 Å². The molecule has 0 saturated carbocycles. The highest BCUT2D eigenvalue weighted by atomic mass is 35.5. The molecule has 0 heterocycles. The highest BCUT2D eigenvalue weighted by Gasteiger charge is 2.13. The number of hydrogen-bond donors (Lipinski definition) is 2. The molecule has 0 saturated heterocycles. The molecule has 0 bridgehead atoms. The molecule has 2 aromatic rings. The number of carbonyl (C=O) groups excluding carboxylic acids is 1. The fourth-order valence-electron chi connectivity index (χ4n) is 2.06. The van der Waals surface area contributed by atoms with E-state index in [1.807, 2.05) is 6.92 Å². The molecule has 0 radical (unpaired) electrons. The number of sulfonamides is 1. The van der Waals surface area contributed by atoms with Crippen molar-refractivity contribution in [1.29, 1.82) is 0 Å². The van der Waals surface area contributed by atoms with Gasteiger partial charge in [-0.15, -0.1) is 0 Å². The van der Waals surface area contributed by atoms with Crippen LogP contribution in [0.1, 0.15) is 17.3 Å². The highest BCUT2D eigenvalue weighted by Crippen LogP contribution is 2.15. The van der Waals surface area contributed by atoms with Crippen molar-refractivity contribution in [3.63, 3.8) is 0 Å². The summed E-state index contributed by atoms with van der Waals surface area (Å²) in [7, 11) is -3.64. The Morgan fingerprint density at radius 2 is 1.84 bits per heavy atom. The molecule has 0 atom stereocenters. The maximum absolute atomic E-state index is 12.2. The van der Waals surface area contributed by atoms with Gasteiger partial charge in [0.2, 0.25) is 10.0 Å². The lowest BCUT2D eigenvalue weighted by Gasteiger charge is -2.09. The van der Waals surface area contributed by atoms with Crippen LogP contribution in [0.25, 0.3) is 0 Å². The van der Waals surface area contributed by atoms with Gasteiger partial charge in [0.1, 0.15) is 5.75 Å². The minimum Gasteiger partial charge on any atom is -0.494 e. The van der Waals surface area contributed by atoms with Crippen molar-refractivity contribution in [2.75, 3.05) is 19.7 Å². The van der Waals surface area contributed by atoms with Gasteiger partial charge in [-0.3, -0.25) is 4.79 Å². The molecule has 25 heavy (non-hydrogen) atoms. The summed E-state index contributed by atoms with van der Waals surface area (Å²) in [5, 5.41) is 3.09. The van der Waals surface area contributed by atoms with E-state index in [4.69, 9.17) is 16.3 Å². The van der Waals surface area contributed by atoms with Crippen LogP contribution < -0.4 is 14.8 Å². The molecule has 0 fully saturated rings. The molecule has 0 aliphatic heterocycles. The van der Waals surface area contributed by atoms with Crippen molar-refractivity contribution < 1.29 is 17.9 Å². The quantitative estimate of drug-likeness (QED) is 0.687. The number of ether oxygens (including phenoxy) is 1. The van der Waals surface area contributed by atoms with Gasteiger partial charge >= 0.3 is 0 Å². The Morgan fingerprint density at radius 3 is 2.48 bits per heavy atom. The van der Waals surface area contributed by atoms with E-state index in [-0.39, 0.29) is 23.9 Å². The average molecular weight is 383 g/mol. The van der Waals surface area contributed by atoms with E-state index in [0.717, 1.165) is 0 Å². The zero-order valence-electron chi connectivity index (χ0n) is 13.7. The van der Waals surface area contributed by atoms with Crippen LogP contribution in [-0.4, -0.2) is 34.0 Å². The maximum Gasteiger partial charge on any atom is 0.251 e. The Kier molecular flexibility index (Phi) is 6.81. The van der Waals surface area contributed by atoms with Crippen molar-refractivity contribution in [3.8, 4) is 5.75 Å². The number of rotatable bonds is 8. The summed E-state index contributed by atoms with van der Waals surface area (Å²) in [6.45, 7) is 2.59. The van der Waals surface area contributed by atoms with Gasteiger partial charge in [-0.2, -0.15) is 0 Å². The molecule has 2 N–H and O–H groups in total. The van der Waals surface area contributed by atoms with E-state index in [1.165, 1.54) is 12.1 Å². The smallest absolute Gasteiger partial charge is 0.251 e. The minimum absolute atomic E-state index is 0.0713. The molecule has 0 spiro atoms. The first-order valence-corrected chi connectivity index (χ1v) is 9.55. The Hall–Kier alpha value is -2.09. The number of benzene rings is 2. The second-order valence-corrected chi connectivity index (χ2v) is 7.27. The molecular formula is C17H19ClN2O4S. The number of carbonyl (C=O) groups is 1. The van der Waals surface area contributed by atoms with E-state index in [0.29, 0.717) is 22.9 Å². The lowest BCUT2D eigenvalue weighted by Crippen LogP contribution is -2.34. The molecule has 0 unspecified atom stereocenters. The number of nitrogens with one attached hydrogen (secondary N) is 2. The summed E-state index contributed by atoms with van der Waals surface area (Å²) in [6, 6.07) is 12.6. The summed E-state index contributed by atoms with van der Waals surface area (Å²) in [5.74, 6) is 0.290. The number of amides is 1. The highest BCUT2D eigenvalue weighted by molar-refractivity contribution is 7.89. The Morgan fingerprint density at radius 1 is 1.12 bits per heavy atom. The van der Waals surface area contributed by atoms with Crippen molar-refractivity contribution in [1.82, 2.24) is 10.0 Å². The van der Waals surface area contributed by atoms with Gasteiger partial charge < -0.3 is 10.1 Å². The first-order valence-electron chi connectivity index (χ1n) is 7.68. The van der Waals surface area contributed by atoms with E-state index >= 15 is 0 Å². The van der Waals surface area contributed by atoms with Gasteiger partial charge in [0, 0.05) is 23.7 Å². The first-order chi connectivity index (χ1) is 11.9. The molecular weight excluding hydrogens is 364 g/mol. The molecule has 2 aromatic carbocycles. The van der Waals surface area contributed by atoms with Crippen LogP contribution in [0.5, 0.6) is 5.75 Å². The third-order valence-corrected chi connectivity index (χ3v) is 4.95. The van der Waals surface area contributed by atoms with E-state index in [2.05, 4.69) is 10.0 Å². The summed E-state index contributed by atoms with van der Waals surface area (Å²) >= 11 is 5.83. The first kappa shape index (κ1) is 19.2. The molecule has 1 amide bonds. The van der Waals surface area contributed by atoms with Crippen LogP contribution in [0, 0.1) is 0 Å². The fraction of sp³-hybridized carbons (Fsp3) is 0.235. The monoisotopic (exact) mass is 382 g/mol.